The maximum absolute atomic E-state index is 12.7. The molecule has 7 heteroatoms. The fraction of sp³-hybridized carbons (Fsp3) is 0.286. The molecule has 2 aromatic heterocycles. The maximum atomic E-state index is 12.7. The van der Waals surface area contributed by atoms with Crippen molar-refractivity contribution in [3.8, 4) is 0 Å². The predicted octanol–water partition coefficient (Wildman–Crippen LogP) is 5.26. The van der Waals surface area contributed by atoms with Crippen LogP contribution in [0, 0.1) is 13.8 Å². The number of nitrogens with zero attached hydrogens (tertiary/aromatic N) is 1. The van der Waals surface area contributed by atoms with Gasteiger partial charge in [-0.05, 0) is 56.7 Å². The quantitative estimate of drug-likeness (QED) is 0.646. The van der Waals surface area contributed by atoms with Gasteiger partial charge < -0.3 is 14.3 Å². The first-order valence-electron chi connectivity index (χ1n) is 8.84. The molecule has 2 heterocycles. The van der Waals surface area contributed by atoms with E-state index in [2.05, 4.69) is 5.32 Å². The first kappa shape index (κ1) is 19.8. The Bertz CT molecular complexity index is 955. The van der Waals surface area contributed by atoms with Gasteiger partial charge in [0.25, 0.3) is 5.91 Å². The molecule has 0 spiro atoms. The summed E-state index contributed by atoms with van der Waals surface area (Å²) in [5.41, 5.74) is 2.14. The van der Waals surface area contributed by atoms with Crippen LogP contribution >= 0.6 is 0 Å². The van der Waals surface area contributed by atoms with E-state index in [0.29, 0.717) is 17.7 Å². The first-order chi connectivity index (χ1) is 13.2. The lowest BCUT2D eigenvalue weighted by atomic mass is 10.1. The third-order valence-corrected chi connectivity index (χ3v) is 4.80. The average Bonchev–Trinajstić information content (AvgIpc) is 3.25. The molecule has 1 N–H and O–H groups in total. The van der Waals surface area contributed by atoms with E-state index in [1.165, 1.54) is 12.1 Å². The van der Waals surface area contributed by atoms with Crippen LogP contribution in [0.3, 0.4) is 0 Å². The van der Waals surface area contributed by atoms with Crippen LogP contribution in [-0.4, -0.2) is 10.5 Å². The van der Waals surface area contributed by atoms with Gasteiger partial charge >= 0.3 is 6.18 Å². The molecule has 28 heavy (non-hydrogen) atoms. The lowest BCUT2D eigenvalue weighted by Crippen LogP contribution is -2.27. The molecule has 4 nitrogen and oxygen atoms in total. The van der Waals surface area contributed by atoms with Crippen molar-refractivity contribution in [2.45, 2.75) is 39.5 Å². The van der Waals surface area contributed by atoms with Crippen molar-refractivity contribution < 1.29 is 22.4 Å². The number of halogens is 3. The number of carbonyl (C=O) groups excluding carboxylic acids is 1. The van der Waals surface area contributed by atoms with Crippen LogP contribution in [-0.2, 0) is 12.7 Å². The molecule has 1 amide bonds. The van der Waals surface area contributed by atoms with E-state index in [0.717, 1.165) is 29.3 Å². The van der Waals surface area contributed by atoms with E-state index in [1.807, 2.05) is 30.5 Å². The Morgan fingerprint density at radius 3 is 2.43 bits per heavy atom. The van der Waals surface area contributed by atoms with Crippen molar-refractivity contribution in [3.05, 3.63) is 82.6 Å². The molecule has 3 rings (SSSR count). The Kier molecular flexibility index (Phi) is 5.36. The zero-order chi connectivity index (χ0) is 20.5. The summed E-state index contributed by atoms with van der Waals surface area (Å²) in [6, 6.07) is 9.85. The second kappa shape index (κ2) is 7.58. The standard InChI is InChI=1S/C21H21F3N2O2/c1-13-11-19(15(3)26(13)12-18-5-4-10-28-18)20(27)25-14(2)16-6-8-17(9-7-16)21(22,23)24/h4-11,14H,12H2,1-3H3,(H,25,27). The molecule has 1 atom stereocenters. The van der Waals surface area contributed by atoms with Crippen molar-refractivity contribution in [2.75, 3.05) is 0 Å². The third kappa shape index (κ3) is 4.13. The van der Waals surface area contributed by atoms with Crippen molar-refractivity contribution >= 4 is 5.91 Å². The second-order valence-electron chi connectivity index (χ2n) is 6.77. The molecule has 0 aliphatic heterocycles. The van der Waals surface area contributed by atoms with E-state index in [4.69, 9.17) is 4.42 Å². The molecule has 0 saturated carbocycles. The predicted molar refractivity (Wildman–Crippen MR) is 99.0 cm³/mol. The van der Waals surface area contributed by atoms with E-state index < -0.39 is 17.8 Å². The molecule has 0 fully saturated rings. The van der Waals surface area contributed by atoms with E-state index in [1.54, 1.807) is 19.3 Å². The lowest BCUT2D eigenvalue weighted by molar-refractivity contribution is -0.137. The third-order valence-electron chi connectivity index (χ3n) is 4.80. The monoisotopic (exact) mass is 390 g/mol. The second-order valence-corrected chi connectivity index (χ2v) is 6.77. The number of amides is 1. The Labute approximate surface area is 161 Å². The van der Waals surface area contributed by atoms with Gasteiger partial charge in [0.1, 0.15) is 5.76 Å². The van der Waals surface area contributed by atoms with Gasteiger partial charge in [0.15, 0.2) is 0 Å². The van der Waals surface area contributed by atoms with Crippen LogP contribution in [0.25, 0.3) is 0 Å². The van der Waals surface area contributed by atoms with Gasteiger partial charge in [-0.3, -0.25) is 4.79 Å². The summed E-state index contributed by atoms with van der Waals surface area (Å²) in [6.45, 7) is 6.02. The maximum Gasteiger partial charge on any atom is 0.416 e. The minimum absolute atomic E-state index is 0.272. The number of aryl methyl sites for hydroxylation is 1. The fourth-order valence-corrected chi connectivity index (χ4v) is 3.15. The summed E-state index contributed by atoms with van der Waals surface area (Å²) in [4.78, 5) is 12.7. The number of hydrogen-bond donors (Lipinski definition) is 1. The van der Waals surface area contributed by atoms with Gasteiger partial charge in [-0.25, -0.2) is 0 Å². The molecular formula is C21H21F3N2O2. The molecule has 0 aliphatic rings. The van der Waals surface area contributed by atoms with E-state index in [9.17, 15) is 18.0 Å². The smallest absolute Gasteiger partial charge is 0.416 e. The Morgan fingerprint density at radius 1 is 1.18 bits per heavy atom. The number of furan rings is 1. The lowest BCUT2D eigenvalue weighted by Gasteiger charge is -2.16. The highest BCUT2D eigenvalue weighted by molar-refractivity contribution is 5.96. The molecule has 1 unspecified atom stereocenters. The number of hydrogen-bond acceptors (Lipinski definition) is 2. The van der Waals surface area contributed by atoms with Crippen molar-refractivity contribution in [2.24, 2.45) is 0 Å². The van der Waals surface area contributed by atoms with Crippen LogP contribution in [0.2, 0.25) is 0 Å². The van der Waals surface area contributed by atoms with Gasteiger partial charge in [0.2, 0.25) is 0 Å². The molecule has 1 aromatic carbocycles. The highest BCUT2D eigenvalue weighted by Gasteiger charge is 2.30. The zero-order valence-electron chi connectivity index (χ0n) is 15.8. The Morgan fingerprint density at radius 2 is 1.86 bits per heavy atom. The molecule has 148 valence electrons. The summed E-state index contributed by atoms with van der Waals surface area (Å²) in [7, 11) is 0. The van der Waals surface area contributed by atoms with Crippen LogP contribution in [0.1, 0.15) is 51.6 Å². The molecule has 0 radical (unpaired) electrons. The Balaban J connectivity index is 1.74. The molecule has 0 aliphatic carbocycles. The van der Waals surface area contributed by atoms with Crippen LogP contribution in [0.4, 0.5) is 13.2 Å². The van der Waals surface area contributed by atoms with Crippen molar-refractivity contribution in [1.82, 2.24) is 9.88 Å². The summed E-state index contributed by atoms with van der Waals surface area (Å²) in [5.74, 6) is 0.512. The largest absolute Gasteiger partial charge is 0.467 e. The summed E-state index contributed by atoms with van der Waals surface area (Å²) >= 11 is 0. The van der Waals surface area contributed by atoms with Crippen LogP contribution in [0.15, 0.2) is 53.1 Å². The number of nitrogens with one attached hydrogen (secondary N) is 1. The molecular weight excluding hydrogens is 369 g/mol. The molecule has 0 saturated heterocycles. The van der Waals surface area contributed by atoms with Crippen LogP contribution < -0.4 is 5.32 Å². The van der Waals surface area contributed by atoms with Gasteiger partial charge in [0, 0.05) is 11.4 Å². The van der Waals surface area contributed by atoms with Crippen LogP contribution in [0.5, 0.6) is 0 Å². The van der Waals surface area contributed by atoms with Gasteiger partial charge in [0.05, 0.1) is 30.0 Å². The minimum Gasteiger partial charge on any atom is -0.467 e. The number of alkyl halides is 3. The highest BCUT2D eigenvalue weighted by atomic mass is 19.4. The first-order valence-corrected chi connectivity index (χ1v) is 8.84. The van der Waals surface area contributed by atoms with Gasteiger partial charge in [-0.2, -0.15) is 13.2 Å². The topological polar surface area (TPSA) is 47.2 Å². The van der Waals surface area contributed by atoms with Gasteiger partial charge in [-0.1, -0.05) is 12.1 Å². The number of carbonyl (C=O) groups is 1. The zero-order valence-corrected chi connectivity index (χ0v) is 15.8. The number of rotatable bonds is 5. The van der Waals surface area contributed by atoms with Crippen molar-refractivity contribution in [3.63, 3.8) is 0 Å². The van der Waals surface area contributed by atoms with E-state index in [-0.39, 0.29) is 5.91 Å². The number of aromatic nitrogens is 1. The summed E-state index contributed by atoms with van der Waals surface area (Å²) in [5, 5.41) is 2.85. The normalized spacial score (nSPS) is 12.8. The Hall–Kier alpha value is -2.96. The molecule has 0 bridgehead atoms. The SMILES string of the molecule is Cc1cc(C(=O)NC(C)c2ccc(C(F)(F)F)cc2)c(C)n1Cc1ccco1. The molecule has 3 aromatic rings. The summed E-state index contributed by atoms with van der Waals surface area (Å²) in [6.07, 6.45) is -2.78. The highest BCUT2D eigenvalue weighted by Crippen LogP contribution is 2.30. The minimum atomic E-state index is -4.38. The fourth-order valence-electron chi connectivity index (χ4n) is 3.15. The van der Waals surface area contributed by atoms with Gasteiger partial charge in [-0.15, -0.1) is 0 Å². The average molecular weight is 390 g/mol. The number of benzene rings is 1. The van der Waals surface area contributed by atoms with Crippen molar-refractivity contribution in [1.29, 1.82) is 0 Å². The van der Waals surface area contributed by atoms with E-state index >= 15 is 0 Å². The summed E-state index contributed by atoms with van der Waals surface area (Å²) < 4.78 is 45.4.